The smallest absolute Gasteiger partial charge is 0.408 e. The van der Waals surface area contributed by atoms with Gasteiger partial charge in [-0.3, -0.25) is 4.90 Å². The van der Waals surface area contributed by atoms with Gasteiger partial charge in [-0.1, -0.05) is 20.8 Å². The molecule has 2 fully saturated rings. The molecule has 0 aromatic rings. The topological polar surface area (TPSA) is 66.6 Å². The van der Waals surface area contributed by atoms with Crippen molar-refractivity contribution in [1.82, 2.24) is 4.90 Å². The summed E-state index contributed by atoms with van der Waals surface area (Å²) in [6.07, 6.45) is 3.91. The minimum atomic E-state index is -0.767. The van der Waals surface area contributed by atoms with Gasteiger partial charge in [-0.2, -0.15) is 0 Å². The zero-order chi connectivity index (χ0) is 12.8. The Morgan fingerprint density at radius 1 is 1.47 bits per heavy atom. The molecule has 4 nitrogen and oxygen atoms in total. The third kappa shape index (κ3) is 1.82. The van der Waals surface area contributed by atoms with Crippen LogP contribution in [-0.2, 0) is 0 Å². The third-order valence-electron chi connectivity index (χ3n) is 4.73. The standard InChI is InChI=1S/C13H24N2O2/c1-12(2,3)13-6-4-5-10(7-9(14)8-13)15(13)11(16)17/h9-10H,4-8,14H2,1-3H3,(H,16,17). The fourth-order valence-electron chi connectivity index (χ4n) is 3.90. The summed E-state index contributed by atoms with van der Waals surface area (Å²) in [6, 6.07) is 0.277. The fourth-order valence-corrected chi connectivity index (χ4v) is 3.90. The molecule has 4 heteroatoms. The predicted octanol–water partition coefficient (Wildman–Crippen LogP) is 2.42. The second kappa shape index (κ2) is 3.87. The number of hydrogen-bond acceptors (Lipinski definition) is 2. The lowest BCUT2D eigenvalue weighted by molar-refractivity contribution is -0.0881. The molecule has 1 amide bonds. The summed E-state index contributed by atoms with van der Waals surface area (Å²) >= 11 is 0. The molecule has 0 spiro atoms. The van der Waals surface area contributed by atoms with E-state index in [9.17, 15) is 9.90 Å². The third-order valence-corrected chi connectivity index (χ3v) is 4.73. The average Bonchev–Trinajstić information content (AvgIpc) is 2.13. The molecular weight excluding hydrogens is 216 g/mol. The Hall–Kier alpha value is -0.770. The molecule has 2 rings (SSSR count). The molecule has 2 aliphatic rings. The number of nitrogens with two attached hydrogens (primary N) is 1. The van der Waals surface area contributed by atoms with Gasteiger partial charge >= 0.3 is 6.09 Å². The van der Waals surface area contributed by atoms with Gasteiger partial charge in [0.2, 0.25) is 0 Å². The van der Waals surface area contributed by atoms with Crippen LogP contribution in [0.5, 0.6) is 0 Å². The summed E-state index contributed by atoms with van der Waals surface area (Å²) < 4.78 is 0. The molecule has 3 atom stereocenters. The first-order chi connectivity index (χ1) is 7.78. The van der Waals surface area contributed by atoms with Crippen molar-refractivity contribution < 1.29 is 9.90 Å². The number of rotatable bonds is 0. The van der Waals surface area contributed by atoms with Crippen molar-refractivity contribution in [3.8, 4) is 0 Å². The molecule has 3 N–H and O–H groups in total. The normalized spacial score (nSPS) is 38.0. The van der Waals surface area contributed by atoms with Gasteiger partial charge in [0, 0.05) is 12.1 Å². The summed E-state index contributed by atoms with van der Waals surface area (Å²) in [5, 5.41) is 9.54. The first-order valence-corrected chi connectivity index (χ1v) is 6.56. The van der Waals surface area contributed by atoms with Crippen molar-refractivity contribution in [3.05, 3.63) is 0 Å². The molecule has 0 aromatic carbocycles. The molecular formula is C13H24N2O2. The van der Waals surface area contributed by atoms with Crippen LogP contribution < -0.4 is 5.73 Å². The number of hydrogen-bond donors (Lipinski definition) is 2. The van der Waals surface area contributed by atoms with Crippen LogP contribution in [0.2, 0.25) is 0 Å². The van der Waals surface area contributed by atoms with Crippen molar-refractivity contribution in [2.24, 2.45) is 11.1 Å². The van der Waals surface area contributed by atoms with Crippen LogP contribution in [0, 0.1) is 5.41 Å². The highest BCUT2D eigenvalue weighted by Crippen LogP contribution is 2.50. The minimum Gasteiger partial charge on any atom is -0.465 e. The van der Waals surface area contributed by atoms with Crippen LogP contribution in [0.3, 0.4) is 0 Å². The van der Waals surface area contributed by atoms with E-state index < -0.39 is 6.09 Å². The second-order valence-corrected chi connectivity index (χ2v) is 6.68. The van der Waals surface area contributed by atoms with E-state index in [2.05, 4.69) is 20.8 Å². The lowest BCUT2D eigenvalue weighted by Crippen LogP contribution is -2.69. The number of carboxylic acid groups (broad SMARTS) is 1. The van der Waals surface area contributed by atoms with Crippen LogP contribution in [0.4, 0.5) is 4.79 Å². The van der Waals surface area contributed by atoms with Crippen LogP contribution in [0.25, 0.3) is 0 Å². The quantitative estimate of drug-likeness (QED) is 0.683. The first kappa shape index (κ1) is 12.7. The molecule has 98 valence electrons. The fraction of sp³-hybridized carbons (Fsp3) is 0.923. The van der Waals surface area contributed by atoms with E-state index in [0.717, 1.165) is 32.1 Å². The van der Waals surface area contributed by atoms with Crippen LogP contribution >= 0.6 is 0 Å². The second-order valence-electron chi connectivity index (χ2n) is 6.68. The Labute approximate surface area is 103 Å². The Morgan fingerprint density at radius 2 is 2.12 bits per heavy atom. The van der Waals surface area contributed by atoms with Crippen molar-refractivity contribution >= 4 is 6.09 Å². The molecule has 3 unspecified atom stereocenters. The lowest BCUT2D eigenvalue weighted by atomic mass is 9.61. The maximum Gasteiger partial charge on any atom is 0.408 e. The molecule has 0 aromatic heterocycles. The number of fused-ring (bicyclic) bond motifs is 2. The first-order valence-electron chi connectivity index (χ1n) is 6.56. The van der Waals surface area contributed by atoms with E-state index in [1.165, 1.54) is 0 Å². The largest absolute Gasteiger partial charge is 0.465 e. The number of nitrogens with zero attached hydrogens (tertiary/aromatic N) is 1. The van der Waals surface area contributed by atoms with Gasteiger partial charge in [0.15, 0.2) is 0 Å². The molecule has 2 bridgehead atoms. The van der Waals surface area contributed by atoms with Crippen LogP contribution in [0.15, 0.2) is 0 Å². The average molecular weight is 240 g/mol. The Kier molecular flexibility index (Phi) is 2.89. The number of piperidine rings is 2. The van der Waals surface area contributed by atoms with Gasteiger partial charge in [-0.25, -0.2) is 4.79 Å². The molecule has 2 aliphatic heterocycles. The number of carbonyl (C=O) groups is 1. The molecule has 2 saturated heterocycles. The van der Waals surface area contributed by atoms with Crippen LogP contribution in [-0.4, -0.2) is 33.7 Å². The minimum absolute atomic E-state index is 0.0535. The van der Waals surface area contributed by atoms with Crippen molar-refractivity contribution in [2.75, 3.05) is 0 Å². The van der Waals surface area contributed by atoms with Crippen molar-refractivity contribution in [2.45, 2.75) is 70.5 Å². The summed E-state index contributed by atoms with van der Waals surface area (Å²) in [4.78, 5) is 13.3. The van der Waals surface area contributed by atoms with Crippen molar-refractivity contribution in [1.29, 1.82) is 0 Å². The van der Waals surface area contributed by atoms with Gasteiger partial charge in [-0.05, 0) is 37.5 Å². The highest BCUT2D eigenvalue weighted by atomic mass is 16.4. The maximum absolute atomic E-state index is 11.6. The highest BCUT2D eigenvalue weighted by Gasteiger charge is 2.56. The summed E-state index contributed by atoms with van der Waals surface area (Å²) in [5.74, 6) is 0. The summed E-state index contributed by atoms with van der Waals surface area (Å²) in [7, 11) is 0. The Bertz CT molecular complexity index is 324. The van der Waals surface area contributed by atoms with Crippen LogP contribution in [0.1, 0.15) is 52.9 Å². The van der Waals surface area contributed by atoms with Crippen molar-refractivity contribution in [3.63, 3.8) is 0 Å². The van der Waals surface area contributed by atoms with E-state index in [-0.39, 0.29) is 23.0 Å². The molecule has 2 heterocycles. The maximum atomic E-state index is 11.6. The molecule has 0 radical (unpaired) electrons. The lowest BCUT2D eigenvalue weighted by Gasteiger charge is -2.60. The van der Waals surface area contributed by atoms with Gasteiger partial charge in [0.05, 0.1) is 5.54 Å². The molecule has 0 aliphatic carbocycles. The van der Waals surface area contributed by atoms with E-state index >= 15 is 0 Å². The molecule has 0 saturated carbocycles. The van der Waals surface area contributed by atoms with Gasteiger partial charge in [0.1, 0.15) is 0 Å². The van der Waals surface area contributed by atoms with E-state index in [0.29, 0.717) is 0 Å². The Balaban J connectivity index is 2.44. The Morgan fingerprint density at radius 3 is 2.65 bits per heavy atom. The SMILES string of the molecule is CC(C)(C)C12CCCC(CC(N)C1)N2C(=O)O. The molecule has 17 heavy (non-hydrogen) atoms. The zero-order valence-electron chi connectivity index (χ0n) is 11.1. The monoisotopic (exact) mass is 240 g/mol. The predicted molar refractivity (Wildman–Crippen MR) is 66.9 cm³/mol. The number of amides is 1. The van der Waals surface area contributed by atoms with E-state index in [4.69, 9.17) is 5.73 Å². The van der Waals surface area contributed by atoms with Gasteiger partial charge in [-0.15, -0.1) is 0 Å². The summed E-state index contributed by atoms with van der Waals surface area (Å²) in [5.41, 5.74) is 5.83. The van der Waals surface area contributed by atoms with Gasteiger partial charge < -0.3 is 10.8 Å². The highest BCUT2D eigenvalue weighted by molar-refractivity contribution is 5.67. The zero-order valence-corrected chi connectivity index (χ0v) is 11.1. The van der Waals surface area contributed by atoms with Gasteiger partial charge in [0.25, 0.3) is 0 Å². The van der Waals surface area contributed by atoms with E-state index in [1.54, 1.807) is 4.90 Å². The van der Waals surface area contributed by atoms with E-state index in [1.807, 2.05) is 0 Å². The summed E-state index contributed by atoms with van der Waals surface area (Å²) in [6.45, 7) is 6.43.